The molecule has 1 aliphatic heterocycles. The first-order chi connectivity index (χ1) is 17.2. The number of halogens is 2. The van der Waals surface area contributed by atoms with Crippen molar-refractivity contribution in [1.29, 1.82) is 0 Å². The van der Waals surface area contributed by atoms with Crippen molar-refractivity contribution in [2.75, 3.05) is 42.2 Å². The van der Waals surface area contributed by atoms with Crippen molar-refractivity contribution in [3.05, 3.63) is 23.8 Å². The molecule has 0 bridgehead atoms. The van der Waals surface area contributed by atoms with Crippen molar-refractivity contribution >= 4 is 40.4 Å². The lowest BCUT2D eigenvalue weighted by Gasteiger charge is -2.42. The highest BCUT2D eigenvalue weighted by molar-refractivity contribution is 7.13. The van der Waals surface area contributed by atoms with E-state index in [1.807, 2.05) is 0 Å². The summed E-state index contributed by atoms with van der Waals surface area (Å²) < 4.78 is 35.3. The zero-order chi connectivity index (χ0) is 25.8. The number of likely N-dealkylation sites (N-methyl/N-ethyl adjacent to an activating group) is 1. The minimum atomic E-state index is -3.11. The highest BCUT2D eigenvalue weighted by atomic mass is 32.1. The number of nitrogens with zero attached hydrogens (tertiary/aromatic N) is 5. The number of aromatic nitrogens is 3. The van der Waals surface area contributed by atoms with E-state index in [1.165, 1.54) is 36.8 Å². The number of hydrogen-bond donors (Lipinski definition) is 3. The molecule has 1 saturated heterocycles. The highest BCUT2D eigenvalue weighted by Gasteiger charge is 2.48. The molecule has 0 radical (unpaired) electrons. The van der Waals surface area contributed by atoms with E-state index in [0.717, 1.165) is 30.6 Å². The lowest BCUT2D eigenvalue weighted by atomic mass is 9.98. The Hall–Kier alpha value is -3.13. The molecule has 3 amide bonds. The SMILES string of the molecule is CN(C(=O)Nc1nccs1)C1CN(c2nccc(NC(=O)OC3(CCN)CCCC3)n2)CCC1(F)F. The van der Waals surface area contributed by atoms with Gasteiger partial charge in [-0.1, -0.05) is 0 Å². The van der Waals surface area contributed by atoms with E-state index in [-0.39, 0.29) is 24.9 Å². The lowest BCUT2D eigenvalue weighted by Crippen LogP contribution is -2.60. The summed E-state index contributed by atoms with van der Waals surface area (Å²) in [6.45, 7) is 0.212. The molecule has 4 rings (SSSR count). The van der Waals surface area contributed by atoms with Gasteiger partial charge in [0.25, 0.3) is 5.92 Å². The van der Waals surface area contributed by atoms with Crippen LogP contribution in [0.15, 0.2) is 23.8 Å². The van der Waals surface area contributed by atoms with Crippen molar-refractivity contribution in [2.45, 2.75) is 56.1 Å². The van der Waals surface area contributed by atoms with E-state index >= 15 is 0 Å². The van der Waals surface area contributed by atoms with Crippen molar-refractivity contribution in [1.82, 2.24) is 19.9 Å². The normalized spacial score (nSPS) is 20.6. The number of hydrogen-bond acceptors (Lipinski definition) is 9. The molecule has 2 aromatic heterocycles. The smallest absolute Gasteiger partial charge is 0.413 e. The van der Waals surface area contributed by atoms with Crippen molar-refractivity contribution in [2.24, 2.45) is 5.73 Å². The molecule has 0 aromatic carbocycles. The second kappa shape index (κ2) is 10.9. The van der Waals surface area contributed by atoms with Crippen molar-refractivity contribution in [3.8, 4) is 0 Å². The topological polar surface area (TPSA) is 139 Å². The van der Waals surface area contributed by atoms with E-state index in [1.54, 1.807) is 10.3 Å². The molecule has 0 spiro atoms. The number of carbonyl (C=O) groups excluding carboxylic acids is 2. The summed E-state index contributed by atoms with van der Waals surface area (Å²) in [6.07, 6.45) is 5.88. The lowest BCUT2D eigenvalue weighted by molar-refractivity contribution is -0.0760. The minimum absolute atomic E-state index is 0.0149. The molecule has 2 aromatic rings. The Bertz CT molecular complexity index is 1050. The predicted octanol–water partition coefficient (Wildman–Crippen LogP) is 3.52. The van der Waals surface area contributed by atoms with Crippen LogP contribution in [-0.4, -0.2) is 76.2 Å². The molecule has 1 atom stereocenters. The van der Waals surface area contributed by atoms with Gasteiger partial charge in [-0.15, -0.1) is 11.3 Å². The van der Waals surface area contributed by atoms with Crippen molar-refractivity contribution in [3.63, 3.8) is 0 Å². The number of nitrogens with one attached hydrogen (secondary N) is 2. The average Bonchev–Trinajstić information content (AvgIpc) is 3.51. The standard InChI is InChI=1S/C22H30F2N8O3S/c1-31(19(33)30-18-27-11-13-36-18)15-14-32(12-8-22(15,23)24)17-26-10-4-16(28-17)29-20(34)35-21(7-9-25)5-2-3-6-21/h4,10-11,13,15H,2-3,5-9,12,14,25H2,1H3,(H,27,30,33)(H,26,28,29,34). The Morgan fingerprint density at radius 3 is 2.72 bits per heavy atom. The van der Waals surface area contributed by atoms with Crippen LogP contribution in [0.4, 0.5) is 35.3 Å². The predicted molar refractivity (Wildman–Crippen MR) is 131 cm³/mol. The Labute approximate surface area is 211 Å². The monoisotopic (exact) mass is 524 g/mol. The summed E-state index contributed by atoms with van der Waals surface area (Å²) in [5.41, 5.74) is 5.14. The first-order valence-corrected chi connectivity index (χ1v) is 12.7. The number of nitrogens with two attached hydrogens (primary N) is 1. The molecule has 14 heteroatoms. The summed E-state index contributed by atoms with van der Waals surface area (Å²) in [4.78, 5) is 40.2. The number of rotatable bonds is 7. The van der Waals surface area contributed by atoms with Gasteiger partial charge in [0, 0.05) is 44.3 Å². The van der Waals surface area contributed by atoms with Gasteiger partial charge in [-0.2, -0.15) is 4.98 Å². The van der Waals surface area contributed by atoms with Gasteiger partial charge in [0.05, 0.1) is 0 Å². The van der Waals surface area contributed by atoms with Crippen LogP contribution >= 0.6 is 11.3 Å². The molecule has 1 aliphatic carbocycles. The summed E-state index contributed by atoms with van der Waals surface area (Å²) in [7, 11) is 1.32. The molecule has 2 fully saturated rings. The van der Waals surface area contributed by atoms with Gasteiger partial charge >= 0.3 is 12.1 Å². The third-order valence-corrected chi connectivity index (χ3v) is 7.30. The van der Waals surface area contributed by atoms with Crippen LogP contribution in [0.5, 0.6) is 0 Å². The number of thiazole rings is 1. The van der Waals surface area contributed by atoms with E-state index in [9.17, 15) is 18.4 Å². The molecule has 1 saturated carbocycles. The first-order valence-electron chi connectivity index (χ1n) is 11.8. The van der Waals surface area contributed by atoms with E-state index < -0.39 is 36.1 Å². The number of carbonyl (C=O) groups is 2. The molecule has 3 heterocycles. The van der Waals surface area contributed by atoms with Gasteiger partial charge in [-0.3, -0.25) is 10.6 Å². The Morgan fingerprint density at radius 1 is 1.25 bits per heavy atom. The second-order valence-electron chi connectivity index (χ2n) is 9.04. The first kappa shape index (κ1) is 25.9. The van der Waals surface area contributed by atoms with Crippen LogP contribution in [0.3, 0.4) is 0 Å². The summed E-state index contributed by atoms with van der Waals surface area (Å²) in [5, 5.41) is 7.14. The molecule has 196 valence electrons. The number of ether oxygens (including phenoxy) is 1. The van der Waals surface area contributed by atoms with Crippen LogP contribution in [0.2, 0.25) is 0 Å². The number of amides is 3. The average molecular weight is 525 g/mol. The second-order valence-corrected chi connectivity index (χ2v) is 9.93. The fraction of sp³-hybridized carbons (Fsp3) is 0.591. The highest BCUT2D eigenvalue weighted by Crippen LogP contribution is 2.36. The van der Waals surface area contributed by atoms with Crippen LogP contribution in [-0.2, 0) is 4.74 Å². The van der Waals surface area contributed by atoms with Crippen LogP contribution in [0, 0.1) is 0 Å². The van der Waals surface area contributed by atoms with E-state index in [2.05, 4.69) is 25.6 Å². The summed E-state index contributed by atoms with van der Waals surface area (Å²) in [5.74, 6) is -2.75. The molecule has 11 nitrogen and oxygen atoms in total. The van der Waals surface area contributed by atoms with Gasteiger partial charge in [0.1, 0.15) is 17.5 Å². The van der Waals surface area contributed by atoms with Gasteiger partial charge in [-0.25, -0.2) is 28.3 Å². The molecule has 4 N–H and O–H groups in total. The fourth-order valence-electron chi connectivity index (χ4n) is 4.66. The van der Waals surface area contributed by atoms with Gasteiger partial charge in [0.15, 0.2) is 5.13 Å². The van der Waals surface area contributed by atoms with E-state index in [0.29, 0.717) is 18.1 Å². The molecular formula is C22H30F2N8O3S. The van der Waals surface area contributed by atoms with Gasteiger partial charge < -0.3 is 20.3 Å². The maximum Gasteiger partial charge on any atom is 0.413 e. The maximum atomic E-state index is 14.8. The molecule has 36 heavy (non-hydrogen) atoms. The van der Waals surface area contributed by atoms with Crippen LogP contribution < -0.4 is 21.3 Å². The molecular weight excluding hydrogens is 494 g/mol. The Morgan fingerprint density at radius 2 is 2.03 bits per heavy atom. The summed E-state index contributed by atoms with van der Waals surface area (Å²) >= 11 is 1.19. The summed E-state index contributed by atoms with van der Waals surface area (Å²) in [6, 6.07) is -0.609. The largest absolute Gasteiger partial charge is 0.443 e. The Balaban J connectivity index is 1.42. The number of urea groups is 1. The molecule has 1 unspecified atom stereocenters. The fourth-order valence-corrected chi connectivity index (χ4v) is 5.18. The van der Waals surface area contributed by atoms with Crippen LogP contribution in [0.25, 0.3) is 0 Å². The zero-order valence-corrected chi connectivity index (χ0v) is 20.8. The third-order valence-electron chi connectivity index (χ3n) is 6.61. The minimum Gasteiger partial charge on any atom is -0.443 e. The quantitative estimate of drug-likeness (QED) is 0.500. The number of alkyl halides is 2. The van der Waals surface area contributed by atoms with Crippen LogP contribution in [0.1, 0.15) is 38.5 Å². The molecule has 2 aliphatic rings. The number of anilines is 3. The third kappa shape index (κ3) is 5.98. The Kier molecular flexibility index (Phi) is 7.83. The van der Waals surface area contributed by atoms with Gasteiger partial charge in [0.2, 0.25) is 5.95 Å². The maximum absolute atomic E-state index is 14.8. The van der Waals surface area contributed by atoms with Crippen molar-refractivity contribution < 1.29 is 23.1 Å². The number of piperidine rings is 1. The van der Waals surface area contributed by atoms with E-state index in [4.69, 9.17) is 10.5 Å². The van der Waals surface area contributed by atoms with Gasteiger partial charge in [-0.05, 0) is 44.7 Å². The zero-order valence-electron chi connectivity index (χ0n) is 20.0.